The molecule has 3 heterocycles. The van der Waals surface area contributed by atoms with Crippen LogP contribution in [-0.2, 0) is 10.5 Å². The third-order valence-electron chi connectivity index (χ3n) is 7.76. The molecule has 230 valence electrons. The van der Waals surface area contributed by atoms with Crippen LogP contribution in [0, 0.1) is 0 Å². The lowest BCUT2D eigenvalue weighted by molar-refractivity contribution is -0.117. The molecule has 10 nitrogen and oxygen atoms in total. The zero-order chi connectivity index (χ0) is 31.9. The number of hydrogen-bond donors (Lipinski definition) is 2. The van der Waals surface area contributed by atoms with Gasteiger partial charge in [-0.3, -0.25) is 14.5 Å². The minimum Gasteiger partial charge on any atom is -0.504 e. The van der Waals surface area contributed by atoms with Gasteiger partial charge >= 0.3 is 0 Å². The fourth-order valence-corrected chi connectivity index (χ4v) is 7.44. The molecule has 2 N–H and O–H groups in total. The van der Waals surface area contributed by atoms with E-state index < -0.39 is 23.5 Å². The fourth-order valence-electron chi connectivity index (χ4n) is 5.57. The molecule has 2 aromatic heterocycles. The lowest BCUT2D eigenvalue weighted by atomic mass is 9.95. The average molecular weight is 652 g/mol. The van der Waals surface area contributed by atoms with Gasteiger partial charge < -0.3 is 24.1 Å². The molecular weight excluding hydrogens is 627 g/mol. The molecule has 0 saturated carbocycles. The average Bonchev–Trinajstić information content (AvgIpc) is 3.80. The molecule has 46 heavy (non-hydrogen) atoms. The van der Waals surface area contributed by atoms with Crippen molar-refractivity contribution in [3.8, 4) is 17.2 Å². The van der Waals surface area contributed by atoms with Gasteiger partial charge in [-0.2, -0.15) is 0 Å². The number of carbonyl (C=O) groups is 2. The summed E-state index contributed by atoms with van der Waals surface area (Å²) in [5.41, 5.74) is 1.66. The summed E-state index contributed by atoms with van der Waals surface area (Å²) < 4.78 is 17.2. The summed E-state index contributed by atoms with van der Waals surface area (Å²) in [4.78, 5) is 29.0. The van der Waals surface area contributed by atoms with Gasteiger partial charge in [-0.1, -0.05) is 83.8 Å². The number of nitrogens with zero attached hydrogens (tertiary/aromatic N) is 3. The predicted molar refractivity (Wildman–Crippen MR) is 175 cm³/mol. The number of aromatic hydroxyl groups is 1. The van der Waals surface area contributed by atoms with Crippen LogP contribution in [0.3, 0.4) is 0 Å². The molecule has 1 aliphatic heterocycles. The van der Waals surface area contributed by atoms with Crippen molar-refractivity contribution in [1.29, 1.82) is 0 Å². The number of Topliss-reactive ketones (excluding diaryl/α,β-unsaturated/α-hetero) is 1. The van der Waals surface area contributed by atoms with Gasteiger partial charge in [-0.05, 0) is 46.2 Å². The fraction of sp³-hybridized carbons (Fsp3) is 0.118. The van der Waals surface area contributed by atoms with Gasteiger partial charge in [0.25, 0.3) is 5.91 Å². The number of furan rings is 1. The number of carbonyl (C=O) groups excluding carboxylic acids is 2. The van der Waals surface area contributed by atoms with Crippen molar-refractivity contribution in [2.45, 2.75) is 16.1 Å². The third-order valence-corrected chi connectivity index (χ3v) is 9.86. The number of hydrogen-bond acceptors (Lipinski definition) is 11. The van der Waals surface area contributed by atoms with E-state index in [9.17, 15) is 19.8 Å². The molecule has 1 atom stereocenters. The van der Waals surface area contributed by atoms with E-state index in [-0.39, 0.29) is 28.0 Å². The van der Waals surface area contributed by atoms with Crippen molar-refractivity contribution in [2.75, 3.05) is 19.1 Å². The van der Waals surface area contributed by atoms with Crippen molar-refractivity contribution < 1.29 is 33.7 Å². The van der Waals surface area contributed by atoms with Crippen LogP contribution in [0.2, 0.25) is 0 Å². The zero-order valence-corrected chi connectivity index (χ0v) is 26.1. The Morgan fingerprint density at radius 1 is 0.935 bits per heavy atom. The minimum atomic E-state index is -1.13. The first kappa shape index (κ1) is 29.4. The number of aromatic nitrogens is 2. The van der Waals surface area contributed by atoms with E-state index in [2.05, 4.69) is 34.5 Å². The van der Waals surface area contributed by atoms with Gasteiger partial charge in [0.15, 0.2) is 38.7 Å². The number of phenols is 1. The number of ketones is 1. The number of amides is 1. The van der Waals surface area contributed by atoms with E-state index in [0.29, 0.717) is 32.4 Å². The van der Waals surface area contributed by atoms with Gasteiger partial charge in [0.05, 0.1) is 25.8 Å². The van der Waals surface area contributed by atoms with Crippen LogP contribution in [0.1, 0.15) is 27.7 Å². The molecule has 6 aromatic rings. The monoisotopic (exact) mass is 651 g/mol. The van der Waals surface area contributed by atoms with Gasteiger partial charge in [-0.15, -0.1) is 10.2 Å². The Morgan fingerprint density at radius 3 is 2.52 bits per heavy atom. The van der Waals surface area contributed by atoms with E-state index in [1.165, 1.54) is 60.4 Å². The van der Waals surface area contributed by atoms with Gasteiger partial charge in [0, 0.05) is 11.1 Å². The number of anilines is 1. The number of para-hydroxylation sites is 1. The normalized spacial score (nSPS) is 14.9. The van der Waals surface area contributed by atoms with Crippen molar-refractivity contribution >= 4 is 61.7 Å². The molecule has 1 amide bonds. The Kier molecular flexibility index (Phi) is 7.59. The molecule has 0 radical (unpaired) electrons. The first-order valence-corrected chi connectivity index (χ1v) is 15.9. The maximum atomic E-state index is 14.1. The smallest absolute Gasteiger partial charge is 0.296 e. The summed E-state index contributed by atoms with van der Waals surface area (Å²) in [5, 5.41) is 33.2. The van der Waals surface area contributed by atoms with E-state index in [1.807, 2.05) is 18.2 Å². The molecule has 0 bridgehead atoms. The largest absolute Gasteiger partial charge is 0.504 e. The maximum Gasteiger partial charge on any atom is 0.296 e. The summed E-state index contributed by atoms with van der Waals surface area (Å²) in [6.45, 7) is 0. The number of phenolic OH excluding ortho intramolecular Hbond substituents is 1. The minimum absolute atomic E-state index is 0.0879. The van der Waals surface area contributed by atoms with Crippen molar-refractivity contribution in [2.24, 2.45) is 0 Å². The van der Waals surface area contributed by atoms with E-state index >= 15 is 0 Å². The Morgan fingerprint density at radius 2 is 1.70 bits per heavy atom. The lowest BCUT2D eigenvalue weighted by Gasteiger charge is -2.24. The maximum absolute atomic E-state index is 14.1. The van der Waals surface area contributed by atoms with Crippen LogP contribution in [-0.4, -0.2) is 46.3 Å². The second-order valence-electron chi connectivity index (χ2n) is 10.4. The summed E-state index contributed by atoms with van der Waals surface area (Å²) in [5.74, 6) is -1.30. The molecule has 12 heteroatoms. The lowest BCUT2D eigenvalue weighted by Crippen LogP contribution is -2.31. The second-order valence-corrected chi connectivity index (χ2v) is 12.5. The highest BCUT2D eigenvalue weighted by atomic mass is 32.2. The van der Waals surface area contributed by atoms with Crippen molar-refractivity contribution in [1.82, 2.24) is 10.2 Å². The highest BCUT2D eigenvalue weighted by Gasteiger charge is 2.47. The summed E-state index contributed by atoms with van der Waals surface area (Å²) in [7, 11) is 2.88. The van der Waals surface area contributed by atoms with Crippen LogP contribution in [0.15, 0.2) is 105 Å². The van der Waals surface area contributed by atoms with Crippen molar-refractivity contribution in [3.63, 3.8) is 0 Å². The Labute approximate surface area is 270 Å². The second kappa shape index (κ2) is 11.9. The number of benzene rings is 4. The van der Waals surface area contributed by atoms with Gasteiger partial charge in [0.1, 0.15) is 0 Å². The summed E-state index contributed by atoms with van der Waals surface area (Å²) in [6.07, 6.45) is 0. The van der Waals surface area contributed by atoms with E-state index in [0.717, 1.165) is 16.3 Å². The quantitative estimate of drug-likeness (QED) is 0.0936. The predicted octanol–water partition coefficient (Wildman–Crippen LogP) is 7.24. The van der Waals surface area contributed by atoms with Crippen LogP contribution < -0.4 is 14.4 Å². The standard InChI is InChI=1S/C34H25N3O7S2/c1-42-24-12-6-9-20-16-26(44-31(20)24)29(39)27-28(19-13-14-23(38)25(15-19)43-2)37(32(41)30(27)40)33-35-36-34(46-33)45-17-21-10-5-8-18-7-3-4-11-22(18)21/h3-16,28,38,40H,17H2,1-2H3. The summed E-state index contributed by atoms with van der Waals surface area (Å²) in [6, 6.07) is 24.3. The highest BCUT2D eigenvalue weighted by molar-refractivity contribution is 8.00. The molecule has 0 spiro atoms. The van der Waals surface area contributed by atoms with Crippen LogP contribution >= 0.6 is 23.1 Å². The first-order valence-electron chi connectivity index (χ1n) is 14.1. The SMILES string of the molecule is COc1cc(C2C(C(=O)c3cc4cccc(OC)c4o3)=C(O)C(=O)N2c2nnc(SCc3cccc4ccccc34)s2)ccc1O. The molecule has 0 saturated heterocycles. The number of ether oxygens (including phenoxy) is 2. The molecule has 1 unspecified atom stereocenters. The molecule has 4 aromatic carbocycles. The third kappa shape index (κ3) is 5.01. The molecular formula is C34H25N3O7S2. The number of aliphatic hydroxyl groups excluding tert-OH is 1. The van der Waals surface area contributed by atoms with Gasteiger partial charge in [-0.25, -0.2) is 0 Å². The number of thioether (sulfide) groups is 1. The van der Waals surface area contributed by atoms with Crippen molar-refractivity contribution in [3.05, 3.63) is 113 Å². The van der Waals surface area contributed by atoms with E-state index in [1.54, 1.807) is 24.3 Å². The van der Waals surface area contributed by atoms with Crippen LogP contribution in [0.5, 0.6) is 17.2 Å². The Hall–Kier alpha value is -5.33. The van der Waals surface area contributed by atoms with Crippen LogP contribution in [0.4, 0.5) is 5.13 Å². The molecule has 0 fully saturated rings. The number of rotatable bonds is 9. The topological polar surface area (TPSA) is 135 Å². The van der Waals surface area contributed by atoms with E-state index in [4.69, 9.17) is 13.9 Å². The molecule has 7 rings (SSSR count). The Balaban J connectivity index is 1.26. The number of fused-ring (bicyclic) bond motifs is 2. The summed E-state index contributed by atoms with van der Waals surface area (Å²) >= 11 is 2.64. The van der Waals surface area contributed by atoms with Gasteiger partial charge in [0.2, 0.25) is 10.9 Å². The number of aliphatic hydroxyl groups is 1. The number of methoxy groups -OCH3 is 2. The highest BCUT2D eigenvalue weighted by Crippen LogP contribution is 2.46. The molecule has 0 aliphatic carbocycles. The Bertz CT molecular complexity index is 2180. The zero-order valence-electron chi connectivity index (χ0n) is 24.5. The molecule has 1 aliphatic rings. The van der Waals surface area contributed by atoms with Crippen LogP contribution in [0.25, 0.3) is 21.7 Å². The first-order chi connectivity index (χ1) is 22.4.